The predicted molar refractivity (Wildman–Crippen MR) is 80.3 cm³/mol. The van der Waals surface area contributed by atoms with Gasteiger partial charge < -0.3 is 5.32 Å². The maximum absolute atomic E-state index is 3.70. The summed E-state index contributed by atoms with van der Waals surface area (Å²) in [6.07, 6.45) is 4.05. The summed E-state index contributed by atoms with van der Waals surface area (Å²) in [6, 6.07) is 10.8. The average Bonchev–Trinajstić information content (AvgIpc) is 3.21. The first kappa shape index (κ1) is 13.1. The van der Waals surface area contributed by atoms with E-state index in [0.717, 1.165) is 18.5 Å². The van der Waals surface area contributed by atoms with E-state index in [4.69, 9.17) is 0 Å². The molecule has 0 bridgehead atoms. The zero-order chi connectivity index (χ0) is 13.4. The minimum absolute atomic E-state index is 0.507. The van der Waals surface area contributed by atoms with Crippen LogP contribution in [0, 0.1) is 5.92 Å². The van der Waals surface area contributed by atoms with Crippen molar-refractivity contribution in [3.05, 3.63) is 35.4 Å². The highest BCUT2D eigenvalue weighted by atomic mass is 15.2. The van der Waals surface area contributed by atoms with Gasteiger partial charge in [-0.3, -0.25) is 4.90 Å². The highest BCUT2D eigenvalue weighted by Gasteiger charge is 2.39. The molecule has 0 saturated heterocycles. The third-order valence-electron chi connectivity index (χ3n) is 5.10. The summed E-state index contributed by atoms with van der Waals surface area (Å²) in [5, 5.41) is 3.70. The van der Waals surface area contributed by atoms with Crippen LogP contribution < -0.4 is 5.32 Å². The van der Waals surface area contributed by atoms with Gasteiger partial charge in [0.05, 0.1) is 0 Å². The van der Waals surface area contributed by atoms with Gasteiger partial charge in [0, 0.05) is 18.1 Å². The molecule has 3 atom stereocenters. The van der Waals surface area contributed by atoms with Gasteiger partial charge in [-0.05, 0) is 56.8 Å². The fourth-order valence-electron chi connectivity index (χ4n) is 3.63. The number of nitrogens with one attached hydrogen (secondary N) is 1. The van der Waals surface area contributed by atoms with Gasteiger partial charge in [0.1, 0.15) is 0 Å². The van der Waals surface area contributed by atoms with Crippen LogP contribution in [-0.2, 0) is 6.42 Å². The lowest BCUT2D eigenvalue weighted by atomic mass is 10.0. The van der Waals surface area contributed by atoms with Gasteiger partial charge in [0.15, 0.2) is 0 Å². The number of benzene rings is 1. The fourth-order valence-corrected chi connectivity index (χ4v) is 3.63. The minimum Gasteiger partial charge on any atom is -0.309 e. The molecule has 0 spiro atoms. The summed E-state index contributed by atoms with van der Waals surface area (Å²) in [6.45, 7) is 5.66. The van der Waals surface area contributed by atoms with Crippen LogP contribution in [0.1, 0.15) is 43.9 Å². The van der Waals surface area contributed by atoms with Crippen LogP contribution in [0.15, 0.2) is 24.3 Å². The lowest BCUT2D eigenvalue weighted by molar-refractivity contribution is 0.142. The Kier molecular flexibility index (Phi) is 3.64. The molecule has 1 fully saturated rings. The van der Waals surface area contributed by atoms with Crippen LogP contribution in [0.5, 0.6) is 0 Å². The Balaban J connectivity index is 1.81. The molecule has 0 aliphatic heterocycles. The third-order valence-corrected chi connectivity index (χ3v) is 5.10. The van der Waals surface area contributed by atoms with E-state index in [-0.39, 0.29) is 0 Å². The van der Waals surface area contributed by atoms with Gasteiger partial charge in [-0.1, -0.05) is 31.2 Å². The van der Waals surface area contributed by atoms with E-state index in [1.807, 2.05) is 0 Å². The molecule has 1 N–H and O–H groups in total. The van der Waals surface area contributed by atoms with Crippen molar-refractivity contribution < 1.29 is 0 Å². The highest BCUT2D eigenvalue weighted by Crippen LogP contribution is 2.40. The molecule has 3 rings (SSSR count). The van der Waals surface area contributed by atoms with Crippen LogP contribution in [0.3, 0.4) is 0 Å². The molecule has 1 aromatic carbocycles. The number of nitrogens with zero attached hydrogens (tertiary/aromatic N) is 1. The van der Waals surface area contributed by atoms with E-state index < -0.39 is 0 Å². The Morgan fingerprint density at radius 1 is 1.32 bits per heavy atom. The van der Waals surface area contributed by atoms with Crippen LogP contribution in [0.4, 0.5) is 0 Å². The highest BCUT2D eigenvalue weighted by molar-refractivity contribution is 5.37. The van der Waals surface area contributed by atoms with Crippen molar-refractivity contribution in [1.29, 1.82) is 0 Å². The number of fused-ring (bicyclic) bond motifs is 1. The number of likely N-dealkylation sites (N-methyl/N-ethyl adjacent to an activating group) is 2. The SMILES string of the molecule is CCNC1c2ccccc2CC1N(C)C(C)C1CC1. The van der Waals surface area contributed by atoms with E-state index in [1.54, 1.807) is 0 Å². The van der Waals surface area contributed by atoms with E-state index in [9.17, 15) is 0 Å². The maximum atomic E-state index is 3.70. The Labute approximate surface area is 117 Å². The van der Waals surface area contributed by atoms with Gasteiger partial charge in [-0.2, -0.15) is 0 Å². The smallest absolute Gasteiger partial charge is 0.0484 e. The molecule has 0 radical (unpaired) electrons. The topological polar surface area (TPSA) is 15.3 Å². The standard InChI is InChI=1S/C17H26N2/c1-4-18-17-15-8-6-5-7-14(15)11-16(17)19(3)12(2)13-9-10-13/h5-8,12-13,16-18H,4,9-11H2,1-3H3. The molecular formula is C17H26N2. The van der Waals surface area contributed by atoms with Crippen LogP contribution in [0.2, 0.25) is 0 Å². The fraction of sp³-hybridized carbons (Fsp3) is 0.647. The normalized spacial score (nSPS) is 27.6. The van der Waals surface area contributed by atoms with Crippen molar-refractivity contribution in [3.63, 3.8) is 0 Å². The zero-order valence-electron chi connectivity index (χ0n) is 12.4. The number of hydrogen-bond acceptors (Lipinski definition) is 2. The van der Waals surface area contributed by atoms with Crippen molar-refractivity contribution >= 4 is 0 Å². The molecule has 1 aromatic rings. The average molecular weight is 258 g/mol. The van der Waals surface area contributed by atoms with Crippen LogP contribution >= 0.6 is 0 Å². The lowest BCUT2D eigenvalue weighted by Crippen LogP contribution is -2.45. The molecular weight excluding hydrogens is 232 g/mol. The minimum atomic E-state index is 0.507. The van der Waals surface area contributed by atoms with Crippen molar-refractivity contribution in [3.8, 4) is 0 Å². The molecule has 2 nitrogen and oxygen atoms in total. The van der Waals surface area contributed by atoms with Gasteiger partial charge in [0.2, 0.25) is 0 Å². The summed E-state index contributed by atoms with van der Waals surface area (Å²) in [5.74, 6) is 0.941. The van der Waals surface area contributed by atoms with Crippen molar-refractivity contribution in [2.75, 3.05) is 13.6 Å². The maximum Gasteiger partial charge on any atom is 0.0484 e. The van der Waals surface area contributed by atoms with E-state index in [2.05, 4.69) is 55.4 Å². The first-order valence-corrected chi connectivity index (χ1v) is 7.75. The molecule has 1 saturated carbocycles. The largest absolute Gasteiger partial charge is 0.309 e. The van der Waals surface area contributed by atoms with Crippen molar-refractivity contribution in [2.45, 2.75) is 51.2 Å². The second-order valence-corrected chi connectivity index (χ2v) is 6.25. The summed E-state index contributed by atoms with van der Waals surface area (Å²) in [5.41, 5.74) is 3.05. The Morgan fingerprint density at radius 3 is 2.74 bits per heavy atom. The predicted octanol–water partition coefficient (Wildman–Crippen LogP) is 2.99. The third kappa shape index (κ3) is 2.44. The monoisotopic (exact) mass is 258 g/mol. The zero-order valence-corrected chi connectivity index (χ0v) is 12.4. The number of rotatable bonds is 5. The molecule has 2 aliphatic carbocycles. The number of hydrogen-bond donors (Lipinski definition) is 1. The molecule has 104 valence electrons. The van der Waals surface area contributed by atoms with Gasteiger partial charge >= 0.3 is 0 Å². The van der Waals surface area contributed by atoms with Gasteiger partial charge in [0.25, 0.3) is 0 Å². The van der Waals surface area contributed by atoms with E-state index in [0.29, 0.717) is 12.1 Å². The van der Waals surface area contributed by atoms with E-state index in [1.165, 1.54) is 30.4 Å². The second kappa shape index (κ2) is 5.26. The Bertz CT molecular complexity index is 439. The molecule has 0 amide bonds. The summed E-state index contributed by atoms with van der Waals surface area (Å²) < 4.78 is 0. The van der Waals surface area contributed by atoms with Gasteiger partial charge in [-0.15, -0.1) is 0 Å². The molecule has 19 heavy (non-hydrogen) atoms. The second-order valence-electron chi connectivity index (χ2n) is 6.25. The van der Waals surface area contributed by atoms with Gasteiger partial charge in [-0.25, -0.2) is 0 Å². The summed E-state index contributed by atoms with van der Waals surface area (Å²) in [7, 11) is 2.32. The van der Waals surface area contributed by atoms with Crippen LogP contribution in [-0.4, -0.2) is 30.6 Å². The lowest BCUT2D eigenvalue weighted by Gasteiger charge is -2.35. The first-order chi connectivity index (χ1) is 9.22. The summed E-state index contributed by atoms with van der Waals surface area (Å²) in [4.78, 5) is 2.63. The first-order valence-electron chi connectivity index (χ1n) is 7.75. The van der Waals surface area contributed by atoms with Crippen LogP contribution in [0.25, 0.3) is 0 Å². The van der Waals surface area contributed by atoms with Crippen molar-refractivity contribution in [2.24, 2.45) is 5.92 Å². The summed E-state index contributed by atoms with van der Waals surface area (Å²) >= 11 is 0. The quantitative estimate of drug-likeness (QED) is 0.873. The van der Waals surface area contributed by atoms with Crippen molar-refractivity contribution in [1.82, 2.24) is 10.2 Å². The van der Waals surface area contributed by atoms with E-state index >= 15 is 0 Å². The molecule has 2 aliphatic rings. The Morgan fingerprint density at radius 2 is 2.05 bits per heavy atom. The molecule has 0 aromatic heterocycles. The molecule has 2 heteroatoms. The molecule has 0 heterocycles. The molecule has 3 unspecified atom stereocenters. The Hall–Kier alpha value is -0.860.